The maximum atomic E-state index is 12.6. The van der Waals surface area contributed by atoms with E-state index in [4.69, 9.17) is 4.42 Å². The van der Waals surface area contributed by atoms with Gasteiger partial charge in [-0.15, -0.1) is 0 Å². The van der Waals surface area contributed by atoms with Gasteiger partial charge in [0.05, 0.1) is 23.4 Å². The van der Waals surface area contributed by atoms with E-state index in [2.05, 4.69) is 24.3 Å². The fraction of sp³-hybridized carbons (Fsp3) is 0.526. The summed E-state index contributed by atoms with van der Waals surface area (Å²) in [4.78, 5) is 24.8. The van der Waals surface area contributed by atoms with Gasteiger partial charge in [-0.25, -0.2) is 0 Å². The Bertz CT molecular complexity index is 830. The summed E-state index contributed by atoms with van der Waals surface area (Å²) in [5.41, 5.74) is 4.33. The second kappa shape index (κ2) is 6.86. The van der Waals surface area contributed by atoms with Gasteiger partial charge in [-0.2, -0.15) is 5.10 Å². The maximum Gasteiger partial charge on any atom is 0.255 e. The van der Waals surface area contributed by atoms with E-state index >= 15 is 0 Å². The number of hydrogen-bond acceptors (Lipinski definition) is 4. The highest BCUT2D eigenvalue weighted by atomic mass is 16.3. The van der Waals surface area contributed by atoms with E-state index in [0.29, 0.717) is 42.2 Å². The van der Waals surface area contributed by atoms with Crippen LogP contribution < -0.4 is 5.32 Å². The first kappa shape index (κ1) is 17.5. The quantitative estimate of drug-likeness (QED) is 0.905. The second-order valence-corrected chi connectivity index (χ2v) is 6.59. The molecule has 2 aromatic rings. The molecule has 0 saturated heterocycles. The topological polar surface area (TPSA) is 77.1 Å². The first-order valence-electron chi connectivity index (χ1n) is 8.90. The number of nitrogens with one attached hydrogen (secondary N) is 1. The third-order valence-corrected chi connectivity index (χ3v) is 4.96. The monoisotopic (exact) mass is 343 g/mol. The Kier molecular flexibility index (Phi) is 4.79. The van der Waals surface area contributed by atoms with E-state index in [1.165, 1.54) is 5.56 Å². The van der Waals surface area contributed by atoms with E-state index in [1.807, 2.05) is 11.6 Å². The number of amides is 1. The molecule has 1 N–H and O–H groups in total. The van der Waals surface area contributed by atoms with Crippen LogP contribution in [0.25, 0.3) is 0 Å². The van der Waals surface area contributed by atoms with Gasteiger partial charge in [0.1, 0.15) is 11.5 Å². The van der Waals surface area contributed by atoms with Crippen molar-refractivity contribution >= 4 is 11.7 Å². The molecule has 1 aliphatic carbocycles. The fourth-order valence-corrected chi connectivity index (χ4v) is 3.71. The van der Waals surface area contributed by atoms with Gasteiger partial charge in [-0.1, -0.05) is 6.92 Å². The predicted octanol–water partition coefficient (Wildman–Crippen LogP) is 2.91. The van der Waals surface area contributed by atoms with Crippen molar-refractivity contribution in [2.75, 3.05) is 6.54 Å². The molecule has 2 aromatic heterocycles. The van der Waals surface area contributed by atoms with Crippen LogP contribution in [-0.2, 0) is 19.4 Å². The Hall–Kier alpha value is -2.37. The van der Waals surface area contributed by atoms with Crippen molar-refractivity contribution in [3.63, 3.8) is 0 Å². The summed E-state index contributed by atoms with van der Waals surface area (Å²) in [5.74, 6) is 0.951. The van der Waals surface area contributed by atoms with Crippen molar-refractivity contribution in [1.82, 2.24) is 15.1 Å². The number of carbonyl (C=O) groups excluding carboxylic acids is 2. The highest BCUT2D eigenvalue weighted by Gasteiger charge is 2.30. The summed E-state index contributed by atoms with van der Waals surface area (Å²) in [7, 11) is 0. The molecule has 0 radical (unpaired) electrons. The normalized spacial score (nSPS) is 13.8. The number of rotatable bonds is 5. The molecule has 6 nitrogen and oxygen atoms in total. The average molecular weight is 343 g/mol. The number of hydrogen-bond donors (Lipinski definition) is 1. The molecule has 1 aliphatic rings. The van der Waals surface area contributed by atoms with Crippen molar-refractivity contribution in [3.05, 3.63) is 39.6 Å². The van der Waals surface area contributed by atoms with Gasteiger partial charge in [0.15, 0.2) is 5.78 Å². The Morgan fingerprint density at radius 3 is 2.72 bits per heavy atom. The molecule has 2 heterocycles. The Balaban J connectivity index is 1.70. The number of Topliss-reactive ketones (excluding diaryl/α,β-unsaturated/α-hetero) is 1. The molecule has 0 unspecified atom stereocenters. The summed E-state index contributed by atoms with van der Waals surface area (Å²) >= 11 is 0. The van der Waals surface area contributed by atoms with E-state index in [9.17, 15) is 9.59 Å². The smallest absolute Gasteiger partial charge is 0.255 e. The third kappa shape index (κ3) is 3.13. The van der Waals surface area contributed by atoms with Crippen LogP contribution in [0, 0.1) is 20.8 Å². The summed E-state index contributed by atoms with van der Waals surface area (Å²) in [6.07, 6.45) is 2.95. The number of ketones is 1. The van der Waals surface area contributed by atoms with Crippen LogP contribution in [0.2, 0.25) is 0 Å². The molecule has 0 aromatic carbocycles. The van der Waals surface area contributed by atoms with Gasteiger partial charge >= 0.3 is 0 Å². The van der Waals surface area contributed by atoms with Gasteiger partial charge in [0.25, 0.3) is 5.91 Å². The summed E-state index contributed by atoms with van der Waals surface area (Å²) in [6, 6.07) is 0. The number of furan rings is 1. The Labute approximate surface area is 147 Å². The largest absolute Gasteiger partial charge is 0.465 e. The molecular weight excluding hydrogens is 318 g/mol. The minimum Gasteiger partial charge on any atom is -0.465 e. The molecule has 3 rings (SSSR count). The first-order valence-corrected chi connectivity index (χ1v) is 8.90. The minimum absolute atomic E-state index is 0.00869. The highest BCUT2D eigenvalue weighted by Crippen LogP contribution is 2.29. The molecule has 1 amide bonds. The SMILES string of the molecule is CCc1c(C)nn(CCNC(=O)c2c(C)oc3c2C(=O)CCC3)c1C. The average Bonchev–Trinajstić information content (AvgIpc) is 3.04. The number of nitrogens with zero attached hydrogens (tertiary/aromatic N) is 2. The molecule has 25 heavy (non-hydrogen) atoms. The van der Waals surface area contributed by atoms with E-state index in [1.54, 1.807) is 6.92 Å². The number of fused-ring (bicyclic) bond motifs is 1. The van der Waals surface area contributed by atoms with Crippen molar-refractivity contribution < 1.29 is 14.0 Å². The Morgan fingerprint density at radius 1 is 1.28 bits per heavy atom. The summed E-state index contributed by atoms with van der Waals surface area (Å²) < 4.78 is 7.57. The van der Waals surface area contributed by atoms with Crippen LogP contribution in [0.5, 0.6) is 0 Å². The zero-order chi connectivity index (χ0) is 18.1. The first-order chi connectivity index (χ1) is 11.9. The van der Waals surface area contributed by atoms with E-state index in [-0.39, 0.29) is 11.7 Å². The maximum absolute atomic E-state index is 12.6. The van der Waals surface area contributed by atoms with Crippen LogP contribution >= 0.6 is 0 Å². The molecule has 6 heteroatoms. The van der Waals surface area contributed by atoms with Crippen LogP contribution in [0.1, 0.15) is 69.0 Å². The molecule has 0 aliphatic heterocycles. The zero-order valence-electron chi connectivity index (χ0n) is 15.4. The van der Waals surface area contributed by atoms with Crippen LogP contribution in [0.15, 0.2) is 4.42 Å². The van der Waals surface area contributed by atoms with Crippen LogP contribution in [0.4, 0.5) is 0 Å². The number of aromatic nitrogens is 2. The van der Waals surface area contributed by atoms with Crippen molar-refractivity contribution in [3.8, 4) is 0 Å². The zero-order valence-corrected chi connectivity index (χ0v) is 15.4. The highest BCUT2D eigenvalue weighted by molar-refractivity contribution is 6.09. The fourth-order valence-electron chi connectivity index (χ4n) is 3.71. The van der Waals surface area contributed by atoms with Crippen molar-refractivity contribution in [2.24, 2.45) is 0 Å². The lowest BCUT2D eigenvalue weighted by molar-refractivity contribution is 0.0926. The lowest BCUT2D eigenvalue weighted by Gasteiger charge is -2.11. The van der Waals surface area contributed by atoms with Gasteiger partial charge in [-0.05, 0) is 39.2 Å². The van der Waals surface area contributed by atoms with Gasteiger partial charge in [0, 0.05) is 25.1 Å². The number of carbonyl (C=O) groups is 2. The lowest BCUT2D eigenvalue weighted by atomic mass is 9.93. The van der Waals surface area contributed by atoms with Crippen LogP contribution in [-0.4, -0.2) is 28.0 Å². The third-order valence-electron chi connectivity index (χ3n) is 4.96. The predicted molar refractivity (Wildman–Crippen MR) is 94.1 cm³/mol. The van der Waals surface area contributed by atoms with E-state index in [0.717, 1.165) is 30.7 Å². The van der Waals surface area contributed by atoms with Gasteiger partial charge < -0.3 is 9.73 Å². The van der Waals surface area contributed by atoms with Crippen LogP contribution in [0.3, 0.4) is 0 Å². The van der Waals surface area contributed by atoms with Gasteiger partial charge in [0.2, 0.25) is 0 Å². The lowest BCUT2D eigenvalue weighted by Crippen LogP contribution is -2.29. The number of aryl methyl sites for hydroxylation is 3. The second-order valence-electron chi connectivity index (χ2n) is 6.59. The van der Waals surface area contributed by atoms with Gasteiger partial charge in [-0.3, -0.25) is 14.3 Å². The standard InChI is InChI=1S/C19H25N3O3/c1-5-14-11(2)21-22(12(14)3)10-9-20-19(24)17-13(4)25-16-8-6-7-15(23)18(16)17/h5-10H2,1-4H3,(H,20,24). The molecule has 0 bridgehead atoms. The Morgan fingerprint density at radius 2 is 2.04 bits per heavy atom. The summed E-state index contributed by atoms with van der Waals surface area (Å²) in [5, 5.41) is 7.44. The molecule has 134 valence electrons. The van der Waals surface area contributed by atoms with Crippen molar-refractivity contribution in [2.45, 2.75) is 59.9 Å². The summed E-state index contributed by atoms with van der Waals surface area (Å²) in [6.45, 7) is 8.98. The minimum atomic E-state index is -0.241. The molecule has 0 saturated carbocycles. The molecular formula is C19H25N3O3. The molecule has 0 fully saturated rings. The molecule has 0 spiro atoms. The van der Waals surface area contributed by atoms with E-state index < -0.39 is 0 Å². The van der Waals surface area contributed by atoms with Crippen molar-refractivity contribution in [1.29, 1.82) is 0 Å². The molecule has 0 atom stereocenters.